The smallest absolute Gasteiger partial charge is 0.255 e. The second-order valence-corrected chi connectivity index (χ2v) is 7.01. The molecule has 1 fully saturated rings. The maximum Gasteiger partial charge on any atom is 0.255 e. The third-order valence-corrected chi connectivity index (χ3v) is 5.20. The first kappa shape index (κ1) is 18.2. The first-order valence-electron chi connectivity index (χ1n) is 9.23. The van der Waals surface area contributed by atoms with Crippen LogP contribution in [0.1, 0.15) is 34.6 Å². The van der Waals surface area contributed by atoms with Gasteiger partial charge in [0.05, 0.1) is 5.56 Å². The summed E-state index contributed by atoms with van der Waals surface area (Å²) in [6.45, 7) is 2.34. The fourth-order valence-corrected chi connectivity index (χ4v) is 3.63. The summed E-state index contributed by atoms with van der Waals surface area (Å²) in [7, 11) is 0. The molecule has 1 aliphatic rings. The van der Waals surface area contributed by atoms with E-state index in [1.165, 1.54) is 17.7 Å². The lowest BCUT2D eigenvalue weighted by Crippen LogP contribution is -2.53. The van der Waals surface area contributed by atoms with Gasteiger partial charge in [-0.25, -0.2) is 4.39 Å². The lowest BCUT2D eigenvalue weighted by Gasteiger charge is -2.40. The molecule has 1 amide bonds. The Bertz CT molecular complexity index is 923. The molecule has 0 spiro atoms. The number of tetrazole rings is 1. The highest BCUT2D eigenvalue weighted by Gasteiger charge is 2.41. The number of carbonyl (C=O) groups excluding carboxylic acids is 1. The number of nitrogens with one attached hydrogen (secondary N) is 2. The van der Waals surface area contributed by atoms with Crippen LogP contribution in [-0.2, 0) is 12.1 Å². The predicted molar refractivity (Wildman–Crippen MR) is 101 cm³/mol. The summed E-state index contributed by atoms with van der Waals surface area (Å²) in [6.07, 6.45) is 1.22. The van der Waals surface area contributed by atoms with Crippen molar-refractivity contribution in [1.82, 2.24) is 30.8 Å². The summed E-state index contributed by atoms with van der Waals surface area (Å²) >= 11 is 0. The minimum absolute atomic E-state index is 0.0112. The molecule has 144 valence electrons. The Morgan fingerprint density at radius 1 is 1.11 bits per heavy atom. The van der Waals surface area contributed by atoms with Crippen molar-refractivity contribution in [3.63, 3.8) is 0 Å². The zero-order valence-electron chi connectivity index (χ0n) is 15.3. The molecule has 28 heavy (non-hydrogen) atoms. The van der Waals surface area contributed by atoms with Gasteiger partial charge < -0.3 is 5.32 Å². The van der Waals surface area contributed by atoms with Crippen molar-refractivity contribution in [3.8, 4) is 0 Å². The molecule has 0 bridgehead atoms. The van der Waals surface area contributed by atoms with Gasteiger partial charge in [-0.15, -0.1) is 10.2 Å². The molecule has 1 aromatic heterocycles. The third kappa shape index (κ3) is 3.77. The highest BCUT2D eigenvalue weighted by Crippen LogP contribution is 2.31. The van der Waals surface area contributed by atoms with Crippen LogP contribution in [0.3, 0.4) is 0 Å². The van der Waals surface area contributed by atoms with Crippen LogP contribution in [0.4, 0.5) is 4.39 Å². The molecule has 2 heterocycles. The number of amides is 1. The molecule has 0 radical (unpaired) electrons. The number of H-pyrrole nitrogens is 1. The summed E-state index contributed by atoms with van der Waals surface area (Å²) in [5.41, 5.74) is 0.474. The van der Waals surface area contributed by atoms with Crippen LogP contribution < -0.4 is 5.32 Å². The van der Waals surface area contributed by atoms with Gasteiger partial charge in [0.15, 0.2) is 5.82 Å². The zero-order valence-corrected chi connectivity index (χ0v) is 15.3. The van der Waals surface area contributed by atoms with Crippen LogP contribution in [0.15, 0.2) is 54.6 Å². The van der Waals surface area contributed by atoms with E-state index in [9.17, 15) is 9.18 Å². The predicted octanol–water partition coefficient (Wildman–Crippen LogP) is 2.26. The lowest BCUT2D eigenvalue weighted by atomic mass is 9.86. The van der Waals surface area contributed by atoms with Gasteiger partial charge in [-0.3, -0.25) is 9.69 Å². The number of likely N-dealkylation sites (tertiary alicyclic amines) is 1. The quantitative estimate of drug-likeness (QED) is 0.709. The highest BCUT2D eigenvalue weighted by molar-refractivity contribution is 5.95. The van der Waals surface area contributed by atoms with Crippen molar-refractivity contribution in [3.05, 3.63) is 77.4 Å². The van der Waals surface area contributed by atoms with Gasteiger partial charge in [0.1, 0.15) is 11.4 Å². The van der Waals surface area contributed by atoms with E-state index in [4.69, 9.17) is 0 Å². The number of carbonyl (C=O) groups is 1. The van der Waals surface area contributed by atoms with Crippen molar-refractivity contribution in [2.24, 2.45) is 0 Å². The standard InChI is InChI=1S/C20H21FN6O/c21-17-9-5-4-8-16(17)18(28)22-20(19-23-25-26-24-19)10-12-27(13-11-20)14-15-6-2-1-3-7-15/h1-9H,10-14H2,(H,22,28)(H,23,24,25,26). The average molecular weight is 380 g/mol. The zero-order chi connectivity index (χ0) is 19.4. The summed E-state index contributed by atoms with van der Waals surface area (Å²) in [6, 6.07) is 16.2. The summed E-state index contributed by atoms with van der Waals surface area (Å²) in [5, 5.41) is 17.3. The Morgan fingerprint density at radius 3 is 2.50 bits per heavy atom. The Labute approximate surface area is 162 Å². The van der Waals surface area contributed by atoms with Gasteiger partial charge in [-0.1, -0.05) is 47.7 Å². The molecule has 1 aliphatic heterocycles. The molecular weight excluding hydrogens is 359 g/mol. The number of rotatable bonds is 5. The van der Waals surface area contributed by atoms with E-state index in [0.717, 1.165) is 19.6 Å². The molecule has 8 heteroatoms. The number of hydrogen-bond donors (Lipinski definition) is 2. The van der Waals surface area contributed by atoms with Gasteiger partial charge in [-0.05, 0) is 30.5 Å². The molecule has 0 saturated carbocycles. The second-order valence-electron chi connectivity index (χ2n) is 7.01. The maximum absolute atomic E-state index is 14.0. The number of aromatic nitrogens is 4. The van der Waals surface area contributed by atoms with E-state index < -0.39 is 17.3 Å². The molecular formula is C20H21FN6O. The molecule has 4 rings (SSSR count). The van der Waals surface area contributed by atoms with Crippen LogP contribution in [-0.4, -0.2) is 44.5 Å². The number of halogens is 1. The topological polar surface area (TPSA) is 86.8 Å². The maximum atomic E-state index is 14.0. The van der Waals surface area contributed by atoms with E-state index in [1.807, 2.05) is 18.2 Å². The SMILES string of the molecule is O=C(NC1(c2nn[nH]n2)CCN(Cc2ccccc2)CC1)c1ccccc1F. The first-order valence-corrected chi connectivity index (χ1v) is 9.23. The van der Waals surface area contributed by atoms with Gasteiger partial charge in [0.25, 0.3) is 5.91 Å². The van der Waals surface area contributed by atoms with Gasteiger partial charge in [0.2, 0.25) is 0 Å². The summed E-state index contributed by atoms with van der Waals surface area (Å²) < 4.78 is 14.0. The van der Waals surface area contributed by atoms with Crippen LogP contribution in [0.25, 0.3) is 0 Å². The number of piperidine rings is 1. The fraction of sp³-hybridized carbons (Fsp3) is 0.300. The monoisotopic (exact) mass is 380 g/mol. The molecule has 7 nitrogen and oxygen atoms in total. The van der Waals surface area contributed by atoms with Crippen molar-refractivity contribution in [2.75, 3.05) is 13.1 Å². The lowest BCUT2D eigenvalue weighted by molar-refractivity contribution is 0.0774. The van der Waals surface area contributed by atoms with E-state index in [-0.39, 0.29) is 5.56 Å². The molecule has 1 saturated heterocycles. The summed E-state index contributed by atoms with van der Waals surface area (Å²) in [4.78, 5) is 15.1. The molecule has 0 atom stereocenters. The molecule has 2 N–H and O–H groups in total. The van der Waals surface area contributed by atoms with E-state index >= 15 is 0 Å². The second kappa shape index (κ2) is 7.85. The normalized spacial score (nSPS) is 16.6. The number of benzene rings is 2. The van der Waals surface area contributed by atoms with Crippen molar-refractivity contribution >= 4 is 5.91 Å². The minimum Gasteiger partial charge on any atom is -0.339 e. The van der Waals surface area contributed by atoms with Crippen molar-refractivity contribution in [1.29, 1.82) is 0 Å². The van der Waals surface area contributed by atoms with Crippen molar-refractivity contribution < 1.29 is 9.18 Å². The minimum atomic E-state index is -0.778. The third-order valence-electron chi connectivity index (χ3n) is 5.20. The number of hydrogen-bond acceptors (Lipinski definition) is 5. The highest BCUT2D eigenvalue weighted by atomic mass is 19.1. The average Bonchev–Trinajstić information content (AvgIpc) is 3.26. The molecule has 3 aromatic rings. The molecule has 0 aliphatic carbocycles. The Balaban J connectivity index is 1.51. The van der Waals surface area contributed by atoms with E-state index in [2.05, 4.69) is 43.0 Å². The largest absolute Gasteiger partial charge is 0.339 e. The van der Waals surface area contributed by atoms with E-state index in [1.54, 1.807) is 12.1 Å². The van der Waals surface area contributed by atoms with Gasteiger partial charge >= 0.3 is 0 Å². The fourth-order valence-electron chi connectivity index (χ4n) is 3.63. The molecule has 0 unspecified atom stereocenters. The Morgan fingerprint density at radius 2 is 1.82 bits per heavy atom. The van der Waals surface area contributed by atoms with Crippen LogP contribution in [0.2, 0.25) is 0 Å². The first-order chi connectivity index (χ1) is 13.7. The Kier molecular flexibility index (Phi) is 5.12. The van der Waals surface area contributed by atoms with Crippen molar-refractivity contribution in [2.45, 2.75) is 24.9 Å². The van der Waals surface area contributed by atoms with Crippen LogP contribution in [0, 0.1) is 5.82 Å². The Hall–Kier alpha value is -3.13. The van der Waals surface area contributed by atoms with Crippen LogP contribution in [0.5, 0.6) is 0 Å². The van der Waals surface area contributed by atoms with Gasteiger partial charge in [0, 0.05) is 19.6 Å². The van der Waals surface area contributed by atoms with Gasteiger partial charge in [-0.2, -0.15) is 5.21 Å². The van der Waals surface area contributed by atoms with Crippen LogP contribution >= 0.6 is 0 Å². The number of aromatic amines is 1. The molecule has 2 aromatic carbocycles. The number of nitrogens with zero attached hydrogens (tertiary/aromatic N) is 4. The summed E-state index contributed by atoms with van der Waals surface area (Å²) in [5.74, 6) is -0.597. The van der Waals surface area contributed by atoms with E-state index in [0.29, 0.717) is 18.7 Å².